The third-order valence-corrected chi connectivity index (χ3v) is 2.75. The Balaban J connectivity index is 2.87. The predicted octanol–water partition coefficient (Wildman–Crippen LogP) is 0.877. The van der Waals surface area contributed by atoms with Crippen molar-refractivity contribution in [2.75, 3.05) is 6.26 Å². The van der Waals surface area contributed by atoms with Gasteiger partial charge in [0.2, 0.25) is 15.0 Å². The Morgan fingerprint density at radius 2 is 2.14 bits per heavy atom. The molecule has 0 N–H and O–H groups in total. The molecule has 0 radical (unpaired) electrons. The minimum atomic E-state index is -3.42. The lowest BCUT2D eigenvalue weighted by Crippen LogP contribution is -2.03. The third-order valence-electron chi connectivity index (χ3n) is 1.79. The highest BCUT2D eigenvalue weighted by Crippen LogP contribution is 2.12. The number of hydrogen-bond acceptors (Lipinski definition) is 3. The van der Waals surface area contributed by atoms with E-state index in [1.54, 1.807) is 0 Å². The first kappa shape index (κ1) is 9.14. The molecule has 0 aliphatic rings. The molecule has 4 nitrogen and oxygen atoms in total. The van der Waals surface area contributed by atoms with Gasteiger partial charge in [0.05, 0.1) is 11.7 Å². The molecule has 0 aliphatic heterocycles. The van der Waals surface area contributed by atoms with Crippen LogP contribution in [0.3, 0.4) is 0 Å². The quantitative estimate of drug-likeness (QED) is 0.708. The van der Waals surface area contributed by atoms with Crippen molar-refractivity contribution in [1.82, 2.24) is 9.38 Å². The van der Waals surface area contributed by atoms with Gasteiger partial charge < -0.3 is 0 Å². The van der Waals surface area contributed by atoms with Crippen LogP contribution in [0.5, 0.6) is 0 Å². The Bertz CT molecular complexity index is 588. The number of nitrogens with zero attached hydrogens (tertiary/aromatic N) is 2. The maximum Gasteiger partial charge on any atom is 0.232 e. The Morgan fingerprint density at radius 3 is 2.79 bits per heavy atom. The number of hydrogen-bond donors (Lipinski definition) is 0. The molecule has 2 aromatic heterocycles. The zero-order chi connectivity index (χ0) is 10.3. The molecule has 0 amide bonds. The van der Waals surface area contributed by atoms with Gasteiger partial charge in [0, 0.05) is 12.5 Å². The first-order valence-corrected chi connectivity index (χ1v) is 5.70. The van der Waals surface area contributed by atoms with Crippen molar-refractivity contribution >= 4 is 15.4 Å². The van der Waals surface area contributed by atoms with Crippen LogP contribution in [0.1, 0.15) is 0 Å². The first-order valence-electron chi connectivity index (χ1n) is 3.81. The number of fused-ring (bicyclic) bond motifs is 1. The van der Waals surface area contributed by atoms with Gasteiger partial charge in [-0.25, -0.2) is 17.8 Å². The summed E-state index contributed by atoms with van der Waals surface area (Å²) in [5.41, 5.74) is 0.548. The second-order valence-electron chi connectivity index (χ2n) is 2.96. The van der Waals surface area contributed by atoms with Crippen molar-refractivity contribution in [2.45, 2.75) is 5.16 Å². The number of sulfone groups is 1. The lowest BCUT2D eigenvalue weighted by atomic mass is 10.4. The maximum absolute atomic E-state index is 12.8. The fourth-order valence-corrected chi connectivity index (χ4v) is 1.97. The molecule has 6 heteroatoms. The number of aromatic nitrogens is 2. The predicted molar refractivity (Wildman–Crippen MR) is 48.3 cm³/mol. The lowest BCUT2D eigenvalue weighted by molar-refractivity contribution is 0.588. The van der Waals surface area contributed by atoms with Crippen LogP contribution < -0.4 is 0 Å². The van der Waals surface area contributed by atoms with E-state index in [1.807, 2.05) is 0 Å². The van der Waals surface area contributed by atoms with Crippen LogP contribution in [0.25, 0.3) is 5.52 Å². The van der Waals surface area contributed by atoms with E-state index >= 15 is 0 Å². The smallest absolute Gasteiger partial charge is 0.232 e. The molecule has 2 heterocycles. The standard InChI is InChI=1S/C8H7FN2O2S/c1-14(12,13)8-10-4-7-3-2-6(9)5-11(7)8/h2-5H,1H3. The van der Waals surface area contributed by atoms with E-state index in [-0.39, 0.29) is 5.16 Å². The van der Waals surface area contributed by atoms with Crippen LogP contribution >= 0.6 is 0 Å². The van der Waals surface area contributed by atoms with E-state index in [0.29, 0.717) is 5.52 Å². The number of halogens is 1. The van der Waals surface area contributed by atoms with Gasteiger partial charge in [-0.05, 0) is 12.1 Å². The van der Waals surface area contributed by atoms with Crippen LogP contribution in [-0.2, 0) is 9.84 Å². The Hall–Kier alpha value is -1.43. The second kappa shape index (κ2) is 2.78. The highest BCUT2D eigenvalue weighted by Gasteiger charge is 2.14. The molecule has 0 atom stereocenters. The maximum atomic E-state index is 12.8. The molecule has 0 spiro atoms. The fraction of sp³-hybridized carbons (Fsp3) is 0.125. The van der Waals surface area contributed by atoms with E-state index in [4.69, 9.17) is 0 Å². The molecule has 0 aliphatic carbocycles. The highest BCUT2D eigenvalue weighted by molar-refractivity contribution is 7.90. The van der Waals surface area contributed by atoms with Gasteiger partial charge in [0.15, 0.2) is 0 Å². The Kier molecular flexibility index (Phi) is 1.81. The lowest BCUT2D eigenvalue weighted by Gasteiger charge is -1.97. The summed E-state index contributed by atoms with van der Waals surface area (Å²) in [6, 6.07) is 2.72. The number of pyridine rings is 1. The summed E-state index contributed by atoms with van der Waals surface area (Å²) in [6.07, 6.45) is 3.52. The zero-order valence-corrected chi connectivity index (χ0v) is 8.12. The summed E-state index contributed by atoms with van der Waals surface area (Å²) in [5, 5.41) is -0.146. The van der Waals surface area contributed by atoms with Crippen molar-refractivity contribution in [1.29, 1.82) is 0 Å². The molecular formula is C8H7FN2O2S. The molecule has 2 aromatic rings. The topological polar surface area (TPSA) is 51.4 Å². The second-order valence-corrected chi connectivity index (χ2v) is 4.86. The summed E-state index contributed by atoms with van der Waals surface area (Å²) in [6.45, 7) is 0. The molecule has 0 aromatic carbocycles. The molecule has 14 heavy (non-hydrogen) atoms. The normalized spacial score (nSPS) is 12.1. The van der Waals surface area contributed by atoms with Crippen molar-refractivity contribution in [3.05, 3.63) is 30.3 Å². The van der Waals surface area contributed by atoms with Crippen LogP contribution in [0, 0.1) is 5.82 Å². The van der Waals surface area contributed by atoms with E-state index in [0.717, 1.165) is 12.5 Å². The average molecular weight is 214 g/mol. The molecule has 0 saturated carbocycles. The van der Waals surface area contributed by atoms with Crippen molar-refractivity contribution in [2.24, 2.45) is 0 Å². The average Bonchev–Trinajstić information content (AvgIpc) is 2.45. The largest absolute Gasteiger partial charge is 0.288 e. The van der Waals surface area contributed by atoms with Crippen molar-refractivity contribution in [3.63, 3.8) is 0 Å². The number of rotatable bonds is 1. The van der Waals surface area contributed by atoms with Crippen LogP contribution in [0.4, 0.5) is 4.39 Å². The van der Waals surface area contributed by atoms with E-state index in [9.17, 15) is 12.8 Å². The summed E-state index contributed by atoms with van der Waals surface area (Å²) >= 11 is 0. The van der Waals surface area contributed by atoms with Crippen LogP contribution in [0.15, 0.2) is 29.7 Å². The van der Waals surface area contributed by atoms with Gasteiger partial charge in [-0.3, -0.25) is 4.40 Å². The van der Waals surface area contributed by atoms with Crippen molar-refractivity contribution < 1.29 is 12.8 Å². The first-order chi connectivity index (χ1) is 6.48. The van der Waals surface area contributed by atoms with Gasteiger partial charge in [-0.2, -0.15) is 0 Å². The molecular weight excluding hydrogens is 207 g/mol. The third kappa shape index (κ3) is 1.37. The minimum Gasteiger partial charge on any atom is -0.288 e. The molecule has 2 rings (SSSR count). The fourth-order valence-electron chi connectivity index (χ4n) is 1.22. The van der Waals surface area contributed by atoms with Gasteiger partial charge in [-0.15, -0.1) is 0 Å². The zero-order valence-electron chi connectivity index (χ0n) is 7.31. The van der Waals surface area contributed by atoms with Gasteiger partial charge in [0.1, 0.15) is 5.82 Å². The van der Waals surface area contributed by atoms with Crippen LogP contribution in [0.2, 0.25) is 0 Å². The van der Waals surface area contributed by atoms with E-state index in [2.05, 4.69) is 4.98 Å². The highest BCUT2D eigenvalue weighted by atomic mass is 32.2. The molecule has 0 unspecified atom stereocenters. The summed E-state index contributed by atoms with van der Waals surface area (Å²) in [7, 11) is -3.42. The van der Waals surface area contributed by atoms with Crippen molar-refractivity contribution in [3.8, 4) is 0 Å². The number of imidazole rings is 1. The van der Waals surface area contributed by atoms with E-state index in [1.165, 1.54) is 22.7 Å². The van der Waals surface area contributed by atoms with Gasteiger partial charge in [-0.1, -0.05) is 0 Å². The molecule has 0 fully saturated rings. The SMILES string of the molecule is CS(=O)(=O)c1ncc2ccc(F)cn12. The Morgan fingerprint density at radius 1 is 1.43 bits per heavy atom. The summed E-state index contributed by atoms with van der Waals surface area (Å²) in [4.78, 5) is 3.72. The molecule has 0 saturated heterocycles. The van der Waals surface area contributed by atoms with Gasteiger partial charge >= 0.3 is 0 Å². The molecule has 74 valence electrons. The van der Waals surface area contributed by atoms with E-state index < -0.39 is 15.7 Å². The summed E-state index contributed by atoms with van der Waals surface area (Å²) in [5.74, 6) is -0.500. The Labute approximate surface area is 79.9 Å². The van der Waals surface area contributed by atoms with Crippen LogP contribution in [-0.4, -0.2) is 24.1 Å². The molecule has 0 bridgehead atoms. The van der Waals surface area contributed by atoms with Gasteiger partial charge in [0.25, 0.3) is 0 Å². The monoisotopic (exact) mass is 214 g/mol. The summed E-state index contributed by atoms with van der Waals surface area (Å²) < 4.78 is 36.5. The minimum absolute atomic E-state index is 0.146.